The van der Waals surface area contributed by atoms with E-state index < -0.39 is 17.3 Å². The van der Waals surface area contributed by atoms with Crippen molar-refractivity contribution < 1.29 is 14.9 Å². The maximum Gasteiger partial charge on any atom is 0.172 e. The minimum atomic E-state index is -0.853. The summed E-state index contributed by atoms with van der Waals surface area (Å²) in [7, 11) is 0. The molecule has 0 aromatic heterocycles. The smallest absolute Gasteiger partial charge is 0.172 e. The number of hydrogen-bond acceptors (Lipinski definition) is 3. The SMILES string of the molecule is C[C@@H](O)[C@]12C=C[C@](C)(OO1)c1ccccc12. The quantitative estimate of drug-likeness (QED) is 0.579. The van der Waals surface area contributed by atoms with Gasteiger partial charge in [0.05, 0.1) is 6.10 Å². The van der Waals surface area contributed by atoms with E-state index in [1.807, 2.05) is 43.3 Å². The lowest BCUT2D eigenvalue weighted by atomic mass is 9.74. The van der Waals surface area contributed by atoms with Crippen LogP contribution in [0.25, 0.3) is 0 Å². The molecule has 16 heavy (non-hydrogen) atoms. The van der Waals surface area contributed by atoms with Gasteiger partial charge in [-0.25, -0.2) is 9.78 Å². The third kappa shape index (κ3) is 1.03. The average Bonchev–Trinajstić information content (AvgIpc) is 2.30. The van der Waals surface area contributed by atoms with Gasteiger partial charge in [0.25, 0.3) is 0 Å². The van der Waals surface area contributed by atoms with Crippen LogP contribution in [0.3, 0.4) is 0 Å². The van der Waals surface area contributed by atoms with Gasteiger partial charge < -0.3 is 5.11 Å². The largest absolute Gasteiger partial charge is 0.390 e. The third-order valence-electron chi connectivity index (χ3n) is 3.51. The van der Waals surface area contributed by atoms with Gasteiger partial charge in [-0.05, 0) is 31.6 Å². The molecule has 3 nitrogen and oxygen atoms in total. The summed E-state index contributed by atoms with van der Waals surface area (Å²) in [4.78, 5) is 10.8. The summed E-state index contributed by atoms with van der Waals surface area (Å²) in [6, 6.07) is 7.91. The van der Waals surface area contributed by atoms with Crippen LogP contribution < -0.4 is 0 Å². The van der Waals surface area contributed by atoms with E-state index in [2.05, 4.69) is 0 Å². The Hall–Kier alpha value is -1.16. The molecule has 0 saturated heterocycles. The molecule has 1 aromatic rings. The summed E-state index contributed by atoms with van der Waals surface area (Å²) in [6.07, 6.45) is 3.18. The molecule has 0 fully saturated rings. The lowest BCUT2D eigenvalue weighted by Crippen LogP contribution is -2.50. The molecule has 2 bridgehead atoms. The zero-order valence-corrected chi connectivity index (χ0v) is 9.31. The molecule has 1 N–H and O–H groups in total. The Kier molecular flexibility index (Phi) is 1.84. The first-order valence-corrected chi connectivity index (χ1v) is 5.44. The molecule has 2 heterocycles. The lowest BCUT2D eigenvalue weighted by Gasteiger charge is -2.48. The van der Waals surface area contributed by atoms with Crippen LogP contribution in [0, 0.1) is 0 Å². The van der Waals surface area contributed by atoms with Gasteiger partial charge in [-0.2, -0.15) is 0 Å². The van der Waals surface area contributed by atoms with Crippen molar-refractivity contribution in [3.8, 4) is 0 Å². The first-order valence-electron chi connectivity index (χ1n) is 5.44. The van der Waals surface area contributed by atoms with Crippen LogP contribution in [0.15, 0.2) is 36.4 Å². The molecule has 0 radical (unpaired) electrons. The standard InChI is InChI=1S/C13H14O3/c1-9(14)13-8-7-12(2,15-16-13)10-5-3-4-6-11(10)13/h3-9,14H,1-2H3/t9-,12+,13+/m1/s1. The molecule has 1 aromatic carbocycles. The second-order valence-electron chi connectivity index (χ2n) is 4.62. The summed E-state index contributed by atoms with van der Waals surface area (Å²) in [5, 5.41) is 9.93. The Bertz CT molecular complexity index is 466. The Morgan fingerprint density at radius 3 is 2.38 bits per heavy atom. The van der Waals surface area contributed by atoms with E-state index in [0.717, 1.165) is 11.1 Å². The summed E-state index contributed by atoms with van der Waals surface area (Å²) >= 11 is 0. The highest BCUT2D eigenvalue weighted by Crippen LogP contribution is 2.50. The lowest BCUT2D eigenvalue weighted by molar-refractivity contribution is -0.430. The fourth-order valence-corrected chi connectivity index (χ4v) is 2.45. The van der Waals surface area contributed by atoms with Gasteiger partial charge in [-0.15, -0.1) is 0 Å². The van der Waals surface area contributed by atoms with E-state index in [1.54, 1.807) is 6.92 Å². The number of fused-ring (bicyclic) bond motifs is 1. The maximum atomic E-state index is 9.93. The van der Waals surface area contributed by atoms with Crippen molar-refractivity contribution in [2.24, 2.45) is 0 Å². The van der Waals surface area contributed by atoms with Crippen molar-refractivity contribution in [1.29, 1.82) is 0 Å². The molecule has 1 aliphatic carbocycles. The van der Waals surface area contributed by atoms with E-state index in [9.17, 15) is 5.11 Å². The Labute approximate surface area is 94.2 Å². The zero-order valence-electron chi connectivity index (χ0n) is 9.31. The first kappa shape index (κ1) is 10.0. The molecule has 3 heteroatoms. The number of aliphatic hydroxyl groups is 1. The molecule has 2 aliphatic heterocycles. The molecule has 0 saturated carbocycles. The molecular formula is C13H14O3. The van der Waals surface area contributed by atoms with Crippen molar-refractivity contribution in [3.05, 3.63) is 47.5 Å². The van der Waals surface area contributed by atoms with Crippen LogP contribution in [-0.2, 0) is 21.0 Å². The molecule has 3 atom stereocenters. The summed E-state index contributed by atoms with van der Waals surface area (Å²) < 4.78 is 0. The average molecular weight is 218 g/mol. The normalized spacial score (nSPS) is 37.2. The Morgan fingerprint density at radius 1 is 1.12 bits per heavy atom. The van der Waals surface area contributed by atoms with Crippen molar-refractivity contribution in [2.45, 2.75) is 31.2 Å². The number of hydrogen-bond donors (Lipinski definition) is 1. The molecule has 84 valence electrons. The molecular weight excluding hydrogens is 204 g/mol. The van der Waals surface area contributed by atoms with Crippen molar-refractivity contribution in [3.63, 3.8) is 0 Å². The molecule has 3 aliphatic rings. The van der Waals surface area contributed by atoms with Crippen molar-refractivity contribution in [2.75, 3.05) is 0 Å². The van der Waals surface area contributed by atoms with Gasteiger partial charge in [-0.3, -0.25) is 0 Å². The zero-order chi connectivity index (χ0) is 11.4. The topological polar surface area (TPSA) is 38.7 Å². The van der Waals surface area contributed by atoms with E-state index in [4.69, 9.17) is 9.78 Å². The highest BCUT2D eigenvalue weighted by atomic mass is 17.2. The van der Waals surface area contributed by atoms with Gasteiger partial charge in [0.1, 0.15) is 5.60 Å². The van der Waals surface area contributed by atoms with Gasteiger partial charge in [0.15, 0.2) is 5.60 Å². The third-order valence-corrected chi connectivity index (χ3v) is 3.51. The molecule has 4 rings (SSSR count). The van der Waals surface area contributed by atoms with Crippen LogP contribution in [0.4, 0.5) is 0 Å². The van der Waals surface area contributed by atoms with Gasteiger partial charge in [0.2, 0.25) is 0 Å². The predicted molar refractivity (Wildman–Crippen MR) is 58.5 cm³/mol. The monoisotopic (exact) mass is 218 g/mol. The maximum absolute atomic E-state index is 9.93. The summed E-state index contributed by atoms with van der Waals surface area (Å²) in [5.41, 5.74) is 0.660. The molecule has 0 spiro atoms. The van der Waals surface area contributed by atoms with Crippen LogP contribution in [-0.4, -0.2) is 11.2 Å². The second kappa shape index (κ2) is 2.94. The highest BCUT2D eigenvalue weighted by molar-refractivity contribution is 5.47. The fraction of sp³-hybridized carbons (Fsp3) is 0.385. The van der Waals surface area contributed by atoms with Crippen LogP contribution in [0.1, 0.15) is 25.0 Å². The van der Waals surface area contributed by atoms with Crippen LogP contribution >= 0.6 is 0 Å². The number of benzene rings is 1. The van der Waals surface area contributed by atoms with Gasteiger partial charge >= 0.3 is 0 Å². The van der Waals surface area contributed by atoms with E-state index >= 15 is 0 Å². The summed E-state index contributed by atoms with van der Waals surface area (Å²) in [5.74, 6) is 0. The summed E-state index contributed by atoms with van der Waals surface area (Å²) in [6.45, 7) is 3.66. The Morgan fingerprint density at radius 2 is 1.81 bits per heavy atom. The van der Waals surface area contributed by atoms with E-state index in [0.29, 0.717) is 0 Å². The van der Waals surface area contributed by atoms with Gasteiger partial charge in [-0.1, -0.05) is 24.3 Å². The second-order valence-corrected chi connectivity index (χ2v) is 4.62. The minimum absolute atomic E-state index is 0.534. The first-order chi connectivity index (χ1) is 7.58. The predicted octanol–water partition coefficient (Wildman–Crippen LogP) is 2.01. The van der Waals surface area contributed by atoms with Crippen LogP contribution in [0.5, 0.6) is 0 Å². The van der Waals surface area contributed by atoms with Crippen molar-refractivity contribution in [1.82, 2.24) is 0 Å². The minimum Gasteiger partial charge on any atom is -0.390 e. The fourth-order valence-electron chi connectivity index (χ4n) is 2.45. The van der Waals surface area contributed by atoms with Crippen molar-refractivity contribution >= 4 is 0 Å². The Balaban J connectivity index is 2.29. The highest BCUT2D eigenvalue weighted by Gasteiger charge is 2.52. The van der Waals surface area contributed by atoms with E-state index in [-0.39, 0.29) is 0 Å². The number of aliphatic hydroxyl groups excluding tert-OH is 1. The molecule has 0 unspecified atom stereocenters. The van der Waals surface area contributed by atoms with Gasteiger partial charge in [0, 0.05) is 5.56 Å². The number of rotatable bonds is 1. The van der Waals surface area contributed by atoms with E-state index in [1.165, 1.54) is 0 Å². The van der Waals surface area contributed by atoms with Crippen LogP contribution in [0.2, 0.25) is 0 Å². The molecule has 0 amide bonds.